The molecule has 0 fully saturated rings. The lowest BCUT2D eigenvalue weighted by Gasteiger charge is -2.11. The van der Waals surface area contributed by atoms with Crippen LogP contribution in [0.3, 0.4) is 0 Å². The van der Waals surface area contributed by atoms with E-state index in [1.165, 1.54) is 0 Å². The van der Waals surface area contributed by atoms with Crippen LogP contribution < -0.4 is 10.0 Å². The van der Waals surface area contributed by atoms with Gasteiger partial charge >= 0.3 is 0 Å². The first kappa shape index (κ1) is 19.9. The maximum absolute atomic E-state index is 12.2. The summed E-state index contributed by atoms with van der Waals surface area (Å²) in [6.07, 6.45) is 3.09. The summed E-state index contributed by atoms with van der Waals surface area (Å²) in [5.74, 6) is 0.742. The lowest BCUT2D eigenvalue weighted by atomic mass is 10.2. The van der Waals surface area contributed by atoms with Crippen LogP contribution in [-0.4, -0.2) is 25.6 Å². The van der Waals surface area contributed by atoms with Crippen LogP contribution in [0.2, 0.25) is 5.02 Å². The highest BCUT2D eigenvalue weighted by Gasteiger charge is 2.12. The van der Waals surface area contributed by atoms with Crippen molar-refractivity contribution in [2.75, 3.05) is 16.3 Å². The third-order valence-corrected chi connectivity index (χ3v) is 4.59. The summed E-state index contributed by atoms with van der Waals surface area (Å²) in [6, 6.07) is 13.7. The van der Waals surface area contributed by atoms with Gasteiger partial charge in [-0.15, -0.1) is 0 Å². The molecule has 0 radical (unpaired) electrons. The standard InChI is InChI=1S/C19H18ClN3O4S/c1-28(25,26)23-16-5-3-2-4-15(16)22-18(24)10-11-19-21-12-17(27-19)13-6-8-14(20)9-7-13/h2-9,12,23H,10-11H2,1H3,(H,22,24). The van der Waals surface area contributed by atoms with Gasteiger partial charge in [0.25, 0.3) is 0 Å². The maximum atomic E-state index is 12.2. The molecule has 0 aliphatic rings. The Bertz CT molecular complexity index is 1080. The second-order valence-corrected chi connectivity index (χ2v) is 8.28. The van der Waals surface area contributed by atoms with Gasteiger partial charge in [-0.1, -0.05) is 23.7 Å². The minimum atomic E-state index is -3.45. The predicted molar refractivity (Wildman–Crippen MR) is 109 cm³/mol. The van der Waals surface area contributed by atoms with E-state index in [9.17, 15) is 13.2 Å². The fraction of sp³-hybridized carbons (Fsp3) is 0.158. The van der Waals surface area contributed by atoms with E-state index in [-0.39, 0.29) is 12.3 Å². The van der Waals surface area contributed by atoms with E-state index in [1.54, 1.807) is 42.6 Å². The van der Waals surface area contributed by atoms with Crippen LogP contribution in [0.15, 0.2) is 59.1 Å². The molecular formula is C19H18ClN3O4S. The van der Waals surface area contributed by atoms with Crippen molar-refractivity contribution in [1.82, 2.24) is 4.98 Å². The largest absolute Gasteiger partial charge is 0.441 e. The average molecular weight is 420 g/mol. The topological polar surface area (TPSA) is 101 Å². The lowest BCUT2D eigenvalue weighted by Crippen LogP contribution is -2.16. The second-order valence-electron chi connectivity index (χ2n) is 6.09. The number of hydrogen-bond acceptors (Lipinski definition) is 5. The Kier molecular flexibility index (Phi) is 6.01. The average Bonchev–Trinajstić information content (AvgIpc) is 3.10. The van der Waals surface area contributed by atoms with Crippen molar-refractivity contribution in [1.29, 1.82) is 0 Å². The molecule has 0 aliphatic heterocycles. The molecule has 146 valence electrons. The van der Waals surface area contributed by atoms with Crippen molar-refractivity contribution in [2.45, 2.75) is 12.8 Å². The SMILES string of the molecule is CS(=O)(=O)Nc1ccccc1NC(=O)CCc1ncc(-c2ccc(Cl)cc2)o1. The van der Waals surface area contributed by atoms with Crippen LogP contribution in [0.4, 0.5) is 11.4 Å². The number of rotatable bonds is 7. The number of para-hydroxylation sites is 2. The summed E-state index contributed by atoms with van der Waals surface area (Å²) in [5.41, 5.74) is 1.53. The normalized spacial score (nSPS) is 11.2. The van der Waals surface area contributed by atoms with E-state index < -0.39 is 10.0 Å². The van der Waals surface area contributed by atoms with E-state index in [0.717, 1.165) is 11.8 Å². The Labute approximate surface area is 167 Å². The Hall–Kier alpha value is -2.84. The zero-order valence-electron chi connectivity index (χ0n) is 15.0. The van der Waals surface area contributed by atoms with Crippen LogP contribution in [0.25, 0.3) is 11.3 Å². The highest BCUT2D eigenvalue weighted by atomic mass is 35.5. The number of nitrogens with one attached hydrogen (secondary N) is 2. The van der Waals surface area contributed by atoms with Gasteiger partial charge in [-0.2, -0.15) is 0 Å². The molecule has 28 heavy (non-hydrogen) atoms. The molecule has 3 rings (SSSR count). The van der Waals surface area contributed by atoms with Crippen LogP contribution in [0.1, 0.15) is 12.3 Å². The van der Waals surface area contributed by atoms with Crippen LogP contribution >= 0.6 is 11.6 Å². The van der Waals surface area contributed by atoms with Crippen molar-refractivity contribution < 1.29 is 17.6 Å². The van der Waals surface area contributed by atoms with E-state index in [1.807, 2.05) is 12.1 Å². The number of oxazole rings is 1. The first-order chi connectivity index (χ1) is 13.3. The molecule has 3 aromatic rings. The summed E-state index contributed by atoms with van der Waals surface area (Å²) in [6.45, 7) is 0. The second kappa shape index (κ2) is 8.45. The Morgan fingerprint density at radius 3 is 2.46 bits per heavy atom. The van der Waals surface area contributed by atoms with Crippen molar-refractivity contribution in [3.63, 3.8) is 0 Å². The monoisotopic (exact) mass is 419 g/mol. The maximum Gasteiger partial charge on any atom is 0.229 e. The smallest absolute Gasteiger partial charge is 0.229 e. The van der Waals surface area contributed by atoms with Gasteiger partial charge in [0, 0.05) is 23.4 Å². The van der Waals surface area contributed by atoms with E-state index >= 15 is 0 Å². The molecule has 2 N–H and O–H groups in total. The van der Waals surface area contributed by atoms with Gasteiger partial charge in [0.2, 0.25) is 15.9 Å². The Morgan fingerprint density at radius 1 is 1.11 bits per heavy atom. The van der Waals surface area contributed by atoms with Crippen molar-refractivity contribution in [3.05, 3.63) is 65.6 Å². The number of amides is 1. The molecule has 0 saturated heterocycles. The molecule has 0 saturated carbocycles. The van der Waals surface area contributed by atoms with E-state index in [4.69, 9.17) is 16.0 Å². The quantitative estimate of drug-likeness (QED) is 0.604. The fourth-order valence-corrected chi connectivity index (χ4v) is 3.19. The van der Waals surface area contributed by atoms with Gasteiger partial charge < -0.3 is 9.73 Å². The Balaban J connectivity index is 1.60. The van der Waals surface area contributed by atoms with E-state index in [0.29, 0.717) is 34.5 Å². The lowest BCUT2D eigenvalue weighted by molar-refractivity contribution is -0.116. The molecule has 0 aliphatic carbocycles. The van der Waals surface area contributed by atoms with Gasteiger partial charge in [-0.25, -0.2) is 13.4 Å². The van der Waals surface area contributed by atoms with Crippen molar-refractivity contribution in [3.8, 4) is 11.3 Å². The number of sulfonamides is 1. The van der Waals surface area contributed by atoms with Crippen LogP contribution in [0, 0.1) is 0 Å². The number of halogens is 1. The van der Waals surface area contributed by atoms with Gasteiger partial charge in [0.1, 0.15) is 0 Å². The van der Waals surface area contributed by atoms with Crippen LogP contribution in [-0.2, 0) is 21.2 Å². The third kappa shape index (κ3) is 5.58. The molecule has 0 bridgehead atoms. The first-order valence-corrected chi connectivity index (χ1v) is 10.6. The number of carbonyl (C=O) groups excluding carboxylic acids is 1. The molecular weight excluding hydrogens is 402 g/mol. The number of carbonyl (C=O) groups is 1. The van der Waals surface area contributed by atoms with Gasteiger partial charge in [0.15, 0.2) is 11.7 Å². The Morgan fingerprint density at radius 2 is 1.79 bits per heavy atom. The molecule has 0 spiro atoms. The molecule has 0 unspecified atom stereocenters. The first-order valence-electron chi connectivity index (χ1n) is 8.37. The number of aryl methyl sites for hydroxylation is 1. The highest BCUT2D eigenvalue weighted by Crippen LogP contribution is 2.24. The molecule has 1 heterocycles. The minimum absolute atomic E-state index is 0.133. The number of nitrogens with zero attached hydrogens (tertiary/aromatic N) is 1. The molecule has 9 heteroatoms. The summed E-state index contributed by atoms with van der Waals surface area (Å²) in [4.78, 5) is 16.4. The minimum Gasteiger partial charge on any atom is -0.441 e. The third-order valence-electron chi connectivity index (χ3n) is 3.74. The highest BCUT2D eigenvalue weighted by molar-refractivity contribution is 7.92. The summed E-state index contributed by atoms with van der Waals surface area (Å²) < 4.78 is 30.9. The van der Waals surface area contributed by atoms with Gasteiger partial charge in [-0.3, -0.25) is 9.52 Å². The number of benzene rings is 2. The molecule has 0 atom stereocenters. The van der Waals surface area contributed by atoms with Gasteiger partial charge in [0.05, 0.1) is 23.8 Å². The fourth-order valence-electron chi connectivity index (χ4n) is 2.49. The van der Waals surface area contributed by atoms with Gasteiger partial charge in [-0.05, 0) is 36.4 Å². The molecule has 1 aromatic heterocycles. The molecule has 2 aromatic carbocycles. The van der Waals surface area contributed by atoms with Crippen LogP contribution in [0.5, 0.6) is 0 Å². The number of hydrogen-bond donors (Lipinski definition) is 2. The summed E-state index contributed by atoms with van der Waals surface area (Å²) in [7, 11) is -3.45. The number of aromatic nitrogens is 1. The van der Waals surface area contributed by atoms with E-state index in [2.05, 4.69) is 15.0 Å². The summed E-state index contributed by atoms with van der Waals surface area (Å²) >= 11 is 5.87. The van der Waals surface area contributed by atoms with Crippen molar-refractivity contribution in [2.24, 2.45) is 0 Å². The molecule has 1 amide bonds. The summed E-state index contributed by atoms with van der Waals surface area (Å²) in [5, 5.41) is 3.33. The van der Waals surface area contributed by atoms with Crippen molar-refractivity contribution >= 4 is 38.9 Å². The number of anilines is 2. The predicted octanol–water partition coefficient (Wildman–Crippen LogP) is 3.94. The molecule has 7 nitrogen and oxygen atoms in total. The zero-order chi connectivity index (χ0) is 20.1. The zero-order valence-corrected chi connectivity index (χ0v) is 16.5.